The van der Waals surface area contributed by atoms with Crippen LogP contribution in [0.15, 0.2) is 18.6 Å². The summed E-state index contributed by atoms with van der Waals surface area (Å²) in [6.07, 6.45) is 7.47. The van der Waals surface area contributed by atoms with Crippen LogP contribution in [0.25, 0.3) is 0 Å². The summed E-state index contributed by atoms with van der Waals surface area (Å²) in [5.74, 6) is 0.942. The normalized spacial score (nSPS) is 23.2. The van der Waals surface area contributed by atoms with Crippen LogP contribution in [0.1, 0.15) is 12.8 Å². The number of rotatable bonds is 1. The van der Waals surface area contributed by atoms with Gasteiger partial charge in [-0.05, 0) is 12.8 Å². The van der Waals surface area contributed by atoms with E-state index in [1.807, 2.05) is 0 Å². The highest BCUT2D eigenvalue weighted by Crippen LogP contribution is 2.14. The maximum atomic E-state index is 5.87. The smallest absolute Gasteiger partial charge is 0.147 e. The molecule has 0 bridgehead atoms. The average Bonchev–Trinajstić information content (AvgIpc) is 2.19. The van der Waals surface area contributed by atoms with Crippen molar-refractivity contribution in [3.8, 4) is 0 Å². The van der Waals surface area contributed by atoms with E-state index in [2.05, 4.69) is 14.9 Å². The van der Waals surface area contributed by atoms with Gasteiger partial charge >= 0.3 is 0 Å². The monoisotopic (exact) mass is 178 g/mol. The van der Waals surface area contributed by atoms with Gasteiger partial charge in [0.2, 0.25) is 0 Å². The van der Waals surface area contributed by atoms with E-state index in [4.69, 9.17) is 5.73 Å². The largest absolute Gasteiger partial charge is 0.354 e. The fraction of sp³-hybridized carbons (Fsp3) is 0.556. The van der Waals surface area contributed by atoms with E-state index in [0.717, 1.165) is 31.7 Å². The summed E-state index contributed by atoms with van der Waals surface area (Å²) in [6.45, 7) is 1.95. The molecule has 0 radical (unpaired) electrons. The van der Waals surface area contributed by atoms with Gasteiger partial charge in [0.15, 0.2) is 0 Å². The van der Waals surface area contributed by atoms with E-state index in [1.54, 1.807) is 18.6 Å². The van der Waals surface area contributed by atoms with Crippen molar-refractivity contribution in [1.82, 2.24) is 9.97 Å². The summed E-state index contributed by atoms with van der Waals surface area (Å²) in [6, 6.07) is 0.288. The highest BCUT2D eigenvalue weighted by Gasteiger charge is 2.17. The highest BCUT2D eigenvalue weighted by molar-refractivity contribution is 5.35. The van der Waals surface area contributed by atoms with Crippen LogP contribution in [0, 0.1) is 0 Å². The number of hydrogen-bond donors (Lipinski definition) is 1. The minimum atomic E-state index is 0.288. The fourth-order valence-electron chi connectivity index (χ4n) is 1.67. The number of nitrogens with zero attached hydrogens (tertiary/aromatic N) is 3. The van der Waals surface area contributed by atoms with Gasteiger partial charge in [-0.3, -0.25) is 4.98 Å². The number of anilines is 1. The van der Waals surface area contributed by atoms with Crippen LogP contribution in [-0.4, -0.2) is 29.1 Å². The molecule has 2 rings (SSSR count). The quantitative estimate of drug-likeness (QED) is 0.676. The lowest BCUT2D eigenvalue weighted by Crippen LogP contribution is -2.43. The van der Waals surface area contributed by atoms with Gasteiger partial charge in [0.1, 0.15) is 5.82 Å². The summed E-state index contributed by atoms with van der Waals surface area (Å²) in [5.41, 5.74) is 5.87. The molecule has 2 N–H and O–H groups in total. The molecule has 0 amide bonds. The van der Waals surface area contributed by atoms with Crippen molar-refractivity contribution in [1.29, 1.82) is 0 Å². The molecule has 4 nitrogen and oxygen atoms in total. The second-order valence-electron chi connectivity index (χ2n) is 3.41. The lowest BCUT2D eigenvalue weighted by Gasteiger charge is -2.31. The standard InChI is InChI=1S/C9H14N4/c10-8-2-1-5-13(7-8)9-6-11-3-4-12-9/h3-4,6,8H,1-2,5,7,10H2/t8-/m1/s1. The molecule has 0 aliphatic carbocycles. The lowest BCUT2D eigenvalue weighted by atomic mass is 10.1. The summed E-state index contributed by atoms with van der Waals surface area (Å²) in [7, 11) is 0. The Bertz CT molecular complexity index is 262. The average molecular weight is 178 g/mol. The lowest BCUT2D eigenvalue weighted by molar-refractivity contribution is 0.503. The van der Waals surface area contributed by atoms with Crippen LogP contribution in [0.2, 0.25) is 0 Å². The van der Waals surface area contributed by atoms with Crippen molar-refractivity contribution in [2.45, 2.75) is 18.9 Å². The molecule has 0 aromatic carbocycles. The van der Waals surface area contributed by atoms with E-state index < -0.39 is 0 Å². The van der Waals surface area contributed by atoms with Crippen LogP contribution >= 0.6 is 0 Å². The second kappa shape index (κ2) is 3.70. The SMILES string of the molecule is N[C@@H]1CCCN(c2cnccn2)C1. The molecule has 1 aromatic heterocycles. The number of hydrogen-bond acceptors (Lipinski definition) is 4. The zero-order valence-electron chi connectivity index (χ0n) is 7.56. The maximum Gasteiger partial charge on any atom is 0.147 e. The Labute approximate surface area is 77.8 Å². The molecule has 1 aliphatic rings. The van der Waals surface area contributed by atoms with Crippen LogP contribution in [0.4, 0.5) is 5.82 Å². The molecule has 0 unspecified atom stereocenters. The molecule has 1 fully saturated rings. The molecular weight excluding hydrogens is 164 g/mol. The second-order valence-corrected chi connectivity index (χ2v) is 3.41. The van der Waals surface area contributed by atoms with E-state index in [-0.39, 0.29) is 6.04 Å². The number of aromatic nitrogens is 2. The Morgan fingerprint density at radius 3 is 3.08 bits per heavy atom. The van der Waals surface area contributed by atoms with Crippen LogP contribution < -0.4 is 10.6 Å². The third-order valence-electron chi connectivity index (χ3n) is 2.33. The molecule has 70 valence electrons. The van der Waals surface area contributed by atoms with Crippen molar-refractivity contribution < 1.29 is 0 Å². The van der Waals surface area contributed by atoms with E-state index in [1.165, 1.54) is 0 Å². The maximum absolute atomic E-state index is 5.87. The Hall–Kier alpha value is -1.16. The summed E-state index contributed by atoms with van der Waals surface area (Å²) in [4.78, 5) is 10.5. The first-order chi connectivity index (χ1) is 6.36. The first-order valence-corrected chi connectivity index (χ1v) is 4.63. The minimum absolute atomic E-state index is 0.288. The van der Waals surface area contributed by atoms with E-state index in [0.29, 0.717) is 0 Å². The van der Waals surface area contributed by atoms with Crippen molar-refractivity contribution in [3.05, 3.63) is 18.6 Å². The zero-order chi connectivity index (χ0) is 9.10. The highest BCUT2D eigenvalue weighted by atomic mass is 15.2. The van der Waals surface area contributed by atoms with Gasteiger partial charge in [0, 0.05) is 31.5 Å². The molecule has 1 saturated heterocycles. The third kappa shape index (κ3) is 1.95. The van der Waals surface area contributed by atoms with Crippen LogP contribution in [-0.2, 0) is 0 Å². The molecule has 2 heterocycles. The first kappa shape index (κ1) is 8.44. The Morgan fingerprint density at radius 1 is 1.46 bits per heavy atom. The molecule has 1 aromatic rings. The van der Waals surface area contributed by atoms with E-state index >= 15 is 0 Å². The summed E-state index contributed by atoms with van der Waals surface area (Å²) in [5, 5.41) is 0. The zero-order valence-corrected chi connectivity index (χ0v) is 7.56. The predicted molar refractivity (Wildman–Crippen MR) is 51.5 cm³/mol. The number of nitrogens with two attached hydrogens (primary N) is 1. The summed E-state index contributed by atoms with van der Waals surface area (Å²) < 4.78 is 0. The Morgan fingerprint density at radius 2 is 2.38 bits per heavy atom. The van der Waals surface area contributed by atoms with Gasteiger partial charge in [-0.15, -0.1) is 0 Å². The molecule has 1 atom stereocenters. The van der Waals surface area contributed by atoms with Gasteiger partial charge in [0.05, 0.1) is 6.20 Å². The topological polar surface area (TPSA) is 55.0 Å². The molecule has 13 heavy (non-hydrogen) atoms. The van der Waals surface area contributed by atoms with Crippen molar-refractivity contribution >= 4 is 5.82 Å². The third-order valence-corrected chi connectivity index (χ3v) is 2.33. The molecule has 0 spiro atoms. The predicted octanol–water partition coefficient (Wildman–Crippen LogP) is 0.404. The van der Waals surface area contributed by atoms with Crippen LogP contribution in [0.5, 0.6) is 0 Å². The first-order valence-electron chi connectivity index (χ1n) is 4.63. The minimum Gasteiger partial charge on any atom is -0.354 e. The molecular formula is C9H14N4. The van der Waals surface area contributed by atoms with Gasteiger partial charge in [-0.25, -0.2) is 4.98 Å². The van der Waals surface area contributed by atoms with Crippen molar-refractivity contribution in [3.63, 3.8) is 0 Å². The van der Waals surface area contributed by atoms with Crippen LogP contribution in [0.3, 0.4) is 0 Å². The van der Waals surface area contributed by atoms with Crippen molar-refractivity contribution in [2.24, 2.45) is 5.73 Å². The van der Waals surface area contributed by atoms with Gasteiger partial charge in [0.25, 0.3) is 0 Å². The summed E-state index contributed by atoms with van der Waals surface area (Å²) >= 11 is 0. The Kier molecular flexibility index (Phi) is 2.40. The van der Waals surface area contributed by atoms with E-state index in [9.17, 15) is 0 Å². The van der Waals surface area contributed by atoms with Gasteiger partial charge in [-0.1, -0.05) is 0 Å². The van der Waals surface area contributed by atoms with Crippen molar-refractivity contribution in [2.75, 3.05) is 18.0 Å². The number of piperidine rings is 1. The molecule has 4 heteroatoms. The van der Waals surface area contributed by atoms with Gasteiger partial charge < -0.3 is 10.6 Å². The molecule has 0 saturated carbocycles. The Balaban J connectivity index is 2.08. The fourth-order valence-corrected chi connectivity index (χ4v) is 1.67. The molecule has 1 aliphatic heterocycles. The van der Waals surface area contributed by atoms with Gasteiger partial charge in [-0.2, -0.15) is 0 Å².